The molecule has 11 heteroatoms. The Labute approximate surface area is 177 Å². The number of carbonyl (C=O) groups is 4. The minimum atomic E-state index is -0.621. The van der Waals surface area contributed by atoms with Gasteiger partial charge in [0, 0.05) is 44.2 Å². The van der Waals surface area contributed by atoms with Crippen LogP contribution in [0, 0.1) is 10.1 Å². The number of alkyl halides is 1. The highest BCUT2D eigenvalue weighted by atomic mass is 35.5. The van der Waals surface area contributed by atoms with Crippen molar-refractivity contribution >= 4 is 40.9 Å². The number of rotatable bonds is 7. The average Bonchev–Trinajstić information content (AvgIpc) is 2.98. The van der Waals surface area contributed by atoms with Crippen LogP contribution in [0.25, 0.3) is 0 Å². The number of imide groups is 1. The quantitative estimate of drug-likeness (QED) is 0.297. The molecule has 1 aromatic carbocycles. The highest BCUT2D eigenvalue weighted by Crippen LogP contribution is 2.27. The van der Waals surface area contributed by atoms with Crippen molar-refractivity contribution in [3.05, 3.63) is 39.4 Å². The van der Waals surface area contributed by atoms with Crippen LogP contribution in [0.5, 0.6) is 0 Å². The molecule has 0 aliphatic carbocycles. The van der Waals surface area contributed by atoms with Crippen LogP contribution in [0.1, 0.15) is 46.4 Å². The second-order valence-electron chi connectivity index (χ2n) is 7.21. The van der Waals surface area contributed by atoms with E-state index in [0.29, 0.717) is 32.4 Å². The van der Waals surface area contributed by atoms with Crippen molar-refractivity contribution in [2.24, 2.45) is 0 Å². The minimum absolute atomic E-state index is 0.00250. The number of benzene rings is 1. The lowest BCUT2D eigenvalue weighted by molar-refractivity contribution is -0.384. The number of hydrogen-bond acceptors (Lipinski definition) is 6. The van der Waals surface area contributed by atoms with Crippen LogP contribution in [-0.4, -0.2) is 69.9 Å². The van der Waals surface area contributed by atoms with Gasteiger partial charge in [-0.25, -0.2) is 0 Å². The summed E-state index contributed by atoms with van der Waals surface area (Å²) < 4.78 is 0. The molecule has 2 heterocycles. The van der Waals surface area contributed by atoms with E-state index in [1.54, 1.807) is 4.90 Å². The number of nitrogens with one attached hydrogen (secondary N) is 1. The number of nitro benzene ring substituents is 1. The fraction of sp³-hybridized carbons (Fsp3) is 0.474. The summed E-state index contributed by atoms with van der Waals surface area (Å²) in [5.41, 5.74) is -0.0999. The highest BCUT2D eigenvalue weighted by Gasteiger charge is 2.36. The number of likely N-dealkylation sites (tertiary alicyclic amines) is 1. The predicted molar refractivity (Wildman–Crippen MR) is 106 cm³/mol. The Kier molecular flexibility index (Phi) is 6.66. The van der Waals surface area contributed by atoms with Gasteiger partial charge in [-0.1, -0.05) is 0 Å². The van der Waals surface area contributed by atoms with Gasteiger partial charge < -0.3 is 10.2 Å². The molecule has 2 aliphatic rings. The summed E-state index contributed by atoms with van der Waals surface area (Å²) in [4.78, 5) is 61.6. The van der Waals surface area contributed by atoms with E-state index in [1.807, 2.05) is 0 Å². The van der Waals surface area contributed by atoms with Crippen molar-refractivity contribution in [2.75, 3.05) is 25.5 Å². The maximum atomic E-state index is 12.5. The van der Waals surface area contributed by atoms with E-state index in [9.17, 15) is 29.3 Å². The highest BCUT2D eigenvalue weighted by molar-refractivity contribution is 6.27. The first kappa shape index (κ1) is 21.7. The van der Waals surface area contributed by atoms with Crippen LogP contribution in [0.3, 0.4) is 0 Å². The zero-order valence-corrected chi connectivity index (χ0v) is 16.9. The van der Waals surface area contributed by atoms with Crippen LogP contribution in [0.2, 0.25) is 0 Å². The molecule has 1 fully saturated rings. The number of piperidine rings is 1. The van der Waals surface area contributed by atoms with Crippen LogP contribution in [-0.2, 0) is 9.59 Å². The molecule has 2 aliphatic heterocycles. The molecule has 3 rings (SSSR count). The summed E-state index contributed by atoms with van der Waals surface area (Å²) >= 11 is 5.47. The van der Waals surface area contributed by atoms with Crippen LogP contribution < -0.4 is 5.32 Å². The first-order chi connectivity index (χ1) is 14.3. The Hall–Kier alpha value is -3.01. The van der Waals surface area contributed by atoms with Crippen molar-refractivity contribution in [3.8, 4) is 0 Å². The molecule has 30 heavy (non-hydrogen) atoms. The number of hydrogen-bond donors (Lipinski definition) is 1. The van der Waals surface area contributed by atoms with Crippen LogP contribution in [0.15, 0.2) is 18.2 Å². The standard InChI is InChI=1S/C19H21ClN4O6/c20-11-16(25)21-12-5-8-22(9-6-12)17(26)2-1-7-23-18(27)14-4-3-13(24(29)30)10-15(14)19(23)28/h3-4,10,12H,1-2,5-9,11H2,(H,21,25). The third kappa shape index (κ3) is 4.59. The third-order valence-corrected chi connectivity index (χ3v) is 5.51. The van der Waals surface area contributed by atoms with Gasteiger partial charge in [0.25, 0.3) is 17.5 Å². The van der Waals surface area contributed by atoms with E-state index in [0.717, 1.165) is 11.0 Å². The molecule has 0 bridgehead atoms. The summed E-state index contributed by atoms with van der Waals surface area (Å²) in [6.07, 6.45) is 1.76. The SMILES string of the molecule is O=C(CCl)NC1CCN(C(=O)CCCN2C(=O)c3ccc([N+](=O)[O-])cc3C2=O)CC1. The lowest BCUT2D eigenvalue weighted by Gasteiger charge is -2.32. The van der Waals surface area contributed by atoms with Gasteiger partial charge in [0.05, 0.1) is 16.1 Å². The molecule has 0 unspecified atom stereocenters. The van der Waals surface area contributed by atoms with E-state index in [4.69, 9.17) is 11.6 Å². The van der Waals surface area contributed by atoms with Gasteiger partial charge in [-0.05, 0) is 25.3 Å². The molecule has 1 aromatic rings. The van der Waals surface area contributed by atoms with E-state index >= 15 is 0 Å². The summed E-state index contributed by atoms with van der Waals surface area (Å²) in [5.74, 6) is -1.49. The molecule has 1 saturated heterocycles. The average molecular weight is 437 g/mol. The molecular weight excluding hydrogens is 416 g/mol. The third-order valence-electron chi connectivity index (χ3n) is 5.27. The van der Waals surface area contributed by atoms with Gasteiger partial charge in [0.1, 0.15) is 5.88 Å². The molecule has 0 atom stereocenters. The largest absolute Gasteiger partial charge is 0.352 e. The minimum Gasteiger partial charge on any atom is -0.352 e. The van der Waals surface area contributed by atoms with Crippen molar-refractivity contribution in [1.82, 2.24) is 15.1 Å². The second kappa shape index (κ2) is 9.21. The van der Waals surface area contributed by atoms with E-state index in [-0.39, 0.29) is 53.5 Å². The Morgan fingerprint density at radius 2 is 1.83 bits per heavy atom. The summed E-state index contributed by atoms with van der Waals surface area (Å²) in [6, 6.07) is 3.58. The van der Waals surface area contributed by atoms with Gasteiger partial charge in [-0.15, -0.1) is 11.6 Å². The first-order valence-electron chi connectivity index (χ1n) is 9.59. The van der Waals surface area contributed by atoms with E-state index < -0.39 is 16.7 Å². The van der Waals surface area contributed by atoms with Gasteiger partial charge in [-0.3, -0.25) is 34.2 Å². The Morgan fingerprint density at radius 3 is 2.47 bits per heavy atom. The first-order valence-corrected chi connectivity index (χ1v) is 10.1. The number of halogens is 1. The summed E-state index contributed by atoms with van der Waals surface area (Å²) in [6.45, 7) is 1.10. The number of amides is 4. The maximum Gasteiger partial charge on any atom is 0.270 e. The lowest BCUT2D eigenvalue weighted by atomic mass is 10.0. The molecule has 0 radical (unpaired) electrons. The van der Waals surface area contributed by atoms with Crippen molar-refractivity contribution in [1.29, 1.82) is 0 Å². The van der Waals surface area contributed by atoms with Gasteiger partial charge in [0.15, 0.2) is 0 Å². The van der Waals surface area contributed by atoms with Crippen molar-refractivity contribution < 1.29 is 24.1 Å². The Morgan fingerprint density at radius 1 is 1.17 bits per heavy atom. The predicted octanol–water partition coefficient (Wildman–Crippen LogP) is 1.32. The number of nitrogens with zero attached hydrogens (tertiary/aromatic N) is 3. The molecule has 10 nitrogen and oxygen atoms in total. The van der Waals surface area contributed by atoms with E-state index in [1.165, 1.54) is 12.1 Å². The fourth-order valence-corrected chi connectivity index (χ4v) is 3.76. The summed E-state index contributed by atoms with van der Waals surface area (Å²) in [7, 11) is 0. The molecule has 160 valence electrons. The second-order valence-corrected chi connectivity index (χ2v) is 7.48. The topological polar surface area (TPSA) is 130 Å². The van der Waals surface area contributed by atoms with Gasteiger partial charge in [0.2, 0.25) is 11.8 Å². The monoisotopic (exact) mass is 436 g/mol. The van der Waals surface area contributed by atoms with E-state index in [2.05, 4.69) is 5.32 Å². The number of fused-ring (bicyclic) bond motifs is 1. The van der Waals surface area contributed by atoms with Gasteiger partial charge >= 0.3 is 0 Å². The fourth-order valence-electron chi connectivity index (χ4n) is 3.68. The maximum absolute atomic E-state index is 12.5. The Balaban J connectivity index is 1.48. The van der Waals surface area contributed by atoms with Crippen LogP contribution >= 0.6 is 11.6 Å². The number of non-ortho nitro benzene ring substituents is 1. The lowest BCUT2D eigenvalue weighted by Crippen LogP contribution is -2.47. The van der Waals surface area contributed by atoms with Crippen molar-refractivity contribution in [2.45, 2.75) is 31.7 Å². The van der Waals surface area contributed by atoms with Crippen molar-refractivity contribution in [3.63, 3.8) is 0 Å². The molecular formula is C19H21ClN4O6. The zero-order chi connectivity index (χ0) is 21.8. The van der Waals surface area contributed by atoms with Gasteiger partial charge in [-0.2, -0.15) is 0 Å². The Bertz CT molecular complexity index is 897. The summed E-state index contributed by atoms with van der Waals surface area (Å²) in [5, 5.41) is 13.7. The molecule has 1 N–H and O–H groups in total. The molecule has 4 amide bonds. The zero-order valence-electron chi connectivity index (χ0n) is 16.1. The molecule has 0 saturated carbocycles. The van der Waals surface area contributed by atoms with Crippen LogP contribution in [0.4, 0.5) is 5.69 Å². The molecule has 0 spiro atoms. The normalized spacial score (nSPS) is 16.6. The molecule has 0 aromatic heterocycles. The number of nitro groups is 1. The smallest absolute Gasteiger partial charge is 0.270 e. The number of carbonyl (C=O) groups excluding carboxylic acids is 4.